The summed E-state index contributed by atoms with van der Waals surface area (Å²) in [5.41, 5.74) is 6.97. The van der Waals surface area contributed by atoms with E-state index in [-0.39, 0.29) is 5.82 Å². The fourth-order valence-corrected chi connectivity index (χ4v) is 1.93. The zero-order valence-electron chi connectivity index (χ0n) is 10.4. The minimum Gasteiger partial charge on any atom is -0.468 e. The monoisotopic (exact) mass is 248 g/mol. The standard InChI is InChI=1S/C14H17FN2O/c1-2-17(10-14-4-3-5-18-14)9-11-6-12(15)8-13(16)7-11/h3-8H,2,9-10,16H2,1H3. The molecule has 0 unspecified atom stereocenters. The molecule has 0 amide bonds. The van der Waals surface area contributed by atoms with E-state index in [0.717, 1.165) is 17.9 Å². The molecule has 0 fully saturated rings. The number of furan rings is 1. The van der Waals surface area contributed by atoms with E-state index in [9.17, 15) is 4.39 Å². The van der Waals surface area contributed by atoms with E-state index >= 15 is 0 Å². The fraction of sp³-hybridized carbons (Fsp3) is 0.286. The van der Waals surface area contributed by atoms with E-state index in [2.05, 4.69) is 11.8 Å². The van der Waals surface area contributed by atoms with Crippen LogP contribution in [-0.2, 0) is 13.1 Å². The smallest absolute Gasteiger partial charge is 0.125 e. The topological polar surface area (TPSA) is 42.4 Å². The molecule has 0 radical (unpaired) electrons. The molecule has 1 aromatic heterocycles. The maximum absolute atomic E-state index is 13.2. The summed E-state index contributed by atoms with van der Waals surface area (Å²) in [5.74, 6) is 0.611. The van der Waals surface area contributed by atoms with Crippen molar-refractivity contribution in [2.24, 2.45) is 0 Å². The maximum Gasteiger partial charge on any atom is 0.125 e. The number of anilines is 1. The van der Waals surface area contributed by atoms with Crippen LogP contribution in [0, 0.1) is 5.82 Å². The quantitative estimate of drug-likeness (QED) is 0.827. The summed E-state index contributed by atoms with van der Waals surface area (Å²) < 4.78 is 18.6. The van der Waals surface area contributed by atoms with Crippen LogP contribution in [0.5, 0.6) is 0 Å². The second-order valence-corrected chi connectivity index (χ2v) is 4.28. The first-order valence-corrected chi connectivity index (χ1v) is 5.97. The van der Waals surface area contributed by atoms with Crippen molar-refractivity contribution in [3.05, 3.63) is 53.7 Å². The van der Waals surface area contributed by atoms with E-state index in [1.165, 1.54) is 12.1 Å². The van der Waals surface area contributed by atoms with Crippen molar-refractivity contribution in [2.75, 3.05) is 12.3 Å². The van der Waals surface area contributed by atoms with Crippen molar-refractivity contribution in [2.45, 2.75) is 20.0 Å². The van der Waals surface area contributed by atoms with E-state index in [4.69, 9.17) is 10.2 Å². The second-order valence-electron chi connectivity index (χ2n) is 4.28. The summed E-state index contributed by atoms with van der Waals surface area (Å²) in [7, 11) is 0. The second kappa shape index (κ2) is 5.69. The fourth-order valence-electron chi connectivity index (χ4n) is 1.93. The summed E-state index contributed by atoms with van der Waals surface area (Å²) >= 11 is 0. The van der Waals surface area contributed by atoms with Gasteiger partial charge in [-0.05, 0) is 42.4 Å². The number of hydrogen-bond donors (Lipinski definition) is 1. The molecule has 0 saturated carbocycles. The molecule has 0 spiro atoms. The van der Waals surface area contributed by atoms with Crippen LogP contribution in [0.1, 0.15) is 18.2 Å². The van der Waals surface area contributed by atoms with Crippen LogP contribution in [-0.4, -0.2) is 11.4 Å². The zero-order chi connectivity index (χ0) is 13.0. The van der Waals surface area contributed by atoms with Crippen molar-refractivity contribution in [1.82, 2.24) is 4.90 Å². The summed E-state index contributed by atoms with van der Waals surface area (Å²) in [6.07, 6.45) is 1.66. The molecule has 0 aliphatic heterocycles. The van der Waals surface area contributed by atoms with Crippen LogP contribution in [0.2, 0.25) is 0 Å². The van der Waals surface area contributed by atoms with Crippen LogP contribution >= 0.6 is 0 Å². The van der Waals surface area contributed by atoms with Crippen molar-refractivity contribution < 1.29 is 8.81 Å². The Kier molecular flexibility index (Phi) is 3.99. The highest BCUT2D eigenvalue weighted by Crippen LogP contribution is 2.14. The van der Waals surface area contributed by atoms with Crippen molar-refractivity contribution in [1.29, 1.82) is 0 Å². The Hall–Kier alpha value is -1.81. The summed E-state index contributed by atoms with van der Waals surface area (Å²) in [6.45, 7) is 4.28. The van der Waals surface area contributed by atoms with Crippen molar-refractivity contribution in [3.63, 3.8) is 0 Å². The number of nitrogens with zero attached hydrogens (tertiary/aromatic N) is 1. The lowest BCUT2D eigenvalue weighted by Gasteiger charge is -2.19. The summed E-state index contributed by atoms with van der Waals surface area (Å²) in [6, 6.07) is 8.44. The lowest BCUT2D eigenvalue weighted by atomic mass is 10.2. The molecule has 0 bridgehead atoms. The predicted molar refractivity (Wildman–Crippen MR) is 69.3 cm³/mol. The number of benzene rings is 1. The first kappa shape index (κ1) is 12.6. The molecule has 3 nitrogen and oxygen atoms in total. The van der Waals surface area contributed by atoms with Gasteiger partial charge in [-0.25, -0.2) is 4.39 Å². The third-order valence-electron chi connectivity index (χ3n) is 2.79. The average molecular weight is 248 g/mol. The molecular weight excluding hydrogens is 231 g/mol. The normalized spacial score (nSPS) is 11.1. The molecule has 96 valence electrons. The van der Waals surface area contributed by atoms with Crippen molar-refractivity contribution in [3.8, 4) is 0 Å². The van der Waals surface area contributed by atoms with Crippen LogP contribution < -0.4 is 5.73 Å². The molecule has 1 aromatic carbocycles. The van der Waals surface area contributed by atoms with Gasteiger partial charge in [-0.2, -0.15) is 0 Å². The Morgan fingerprint density at radius 1 is 1.28 bits per heavy atom. The van der Waals surface area contributed by atoms with Gasteiger partial charge in [0.15, 0.2) is 0 Å². The van der Waals surface area contributed by atoms with E-state index in [1.807, 2.05) is 12.1 Å². The Morgan fingerprint density at radius 2 is 2.11 bits per heavy atom. The van der Waals surface area contributed by atoms with Crippen LogP contribution in [0.4, 0.5) is 10.1 Å². The number of hydrogen-bond acceptors (Lipinski definition) is 3. The zero-order valence-corrected chi connectivity index (χ0v) is 10.4. The Balaban J connectivity index is 2.05. The minimum atomic E-state index is -0.293. The van der Waals surface area contributed by atoms with E-state index in [0.29, 0.717) is 18.8 Å². The highest BCUT2D eigenvalue weighted by Gasteiger charge is 2.08. The van der Waals surface area contributed by atoms with Gasteiger partial charge in [0, 0.05) is 12.2 Å². The highest BCUT2D eigenvalue weighted by atomic mass is 19.1. The van der Waals surface area contributed by atoms with Crippen LogP contribution in [0.3, 0.4) is 0 Å². The van der Waals surface area contributed by atoms with E-state index < -0.39 is 0 Å². The van der Waals surface area contributed by atoms with E-state index in [1.54, 1.807) is 12.3 Å². The largest absolute Gasteiger partial charge is 0.468 e. The summed E-state index contributed by atoms with van der Waals surface area (Å²) in [5, 5.41) is 0. The Bertz CT molecular complexity index is 476. The number of halogens is 1. The molecule has 0 aliphatic carbocycles. The van der Waals surface area contributed by atoms with Gasteiger partial charge in [0.05, 0.1) is 12.8 Å². The Labute approximate surface area is 106 Å². The molecule has 2 N–H and O–H groups in total. The summed E-state index contributed by atoms with van der Waals surface area (Å²) in [4.78, 5) is 2.16. The van der Waals surface area contributed by atoms with Gasteiger partial charge in [-0.3, -0.25) is 4.90 Å². The van der Waals surface area contributed by atoms with Gasteiger partial charge in [-0.15, -0.1) is 0 Å². The van der Waals surface area contributed by atoms with Crippen LogP contribution in [0.25, 0.3) is 0 Å². The number of nitrogens with two attached hydrogens (primary N) is 1. The van der Waals surface area contributed by atoms with Gasteiger partial charge in [0.1, 0.15) is 11.6 Å². The lowest BCUT2D eigenvalue weighted by molar-refractivity contribution is 0.247. The number of nitrogen functional groups attached to an aromatic ring is 1. The van der Waals surface area contributed by atoms with Gasteiger partial charge in [-0.1, -0.05) is 6.92 Å². The van der Waals surface area contributed by atoms with Crippen molar-refractivity contribution >= 4 is 5.69 Å². The highest BCUT2D eigenvalue weighted by molar-refractivity contribution is 5.41. The third kappa shape index (κ3) is 3.34. The molecule has 0 saturated heterocycles. The first-order chi connectivity index (χ1) is 8.67. The maximum atomic E-state index is 13.2. The number of rotatable bonds is 5. The predicted octanol–water partition coefficient (Wildman–Crippen LogP) is 3.02. The average Bonchev–Trinajstić information content (AvgIpc) is 2.79. The molecule has 2 rings (SSSR count). The molecular formula is C14H17FN2O. The molecule has 1 heterocycles. The van der Waals surface area contributed by atoms with Gasteiger partial charge >= 0.3 is 0 Å². The SMILES string of the molecule is CCN(Cc1cc(N)cc(F)c1)Cc1ccco1. The third-order valence-corrected chi connectivity index (χ3v) is 2.79. The molecule has 18 heavy (non-hydrogen) atoms. The molecule has 0 aliphatic rings. The Morgan fingerprint density at radius 3 is 2.72 bits per heavy atom. The lowest BCUT2D eigenvalue weighted by Crippen LogP contribution is -2.22. The van der Waals surface area contributed by atoms with Gasteiger partial charge < -0.3 is 10.2 Å². The van der Waals surface area contributed by atoms with Gasteiger partial charge in [0.2, 0.25) is 0 Å². The van der Waals surface area contributed by atoms with Gasteiger partial charge in [0.25, 0.3) is 0 Å². The first-order valence-electron chi connectivity index (χ1n) is 5.97. The molecule has 0 atom stereocenters. The van der Waals surface area contributed by atoms with Crippen LogP contribution in [0.15, 0.2) is 41.0 Å². The molecule has 2 aromatic rings. The molecule has 4 heteroatoms. The minimum absolute atomic E-state index is 0.293.